The summed E-state index contributed by atoms with van der Waals surface area (Å²) in [6.45, 7) is 2.38. The minimum atomic E-state index is 0.241. The van der Waals surface area contributed by atoms with E-state index >= 15 is 0 Å². The maximum absolute atomic E-state index is 9.54. The Kier molecular flexibility index (Phi) is 5.99. The lowest BCUT2D eigenvalue weighted by molar-refractivity contribution is 0.238. The molecular weight excluding hydrogens is 268 g/mol. The Bertz CT molecular complexity index is 439. The molecule has 0 spiro atoms. The predicted octanol–water partition coefficient (Wildman–Crippen LogP) is 4.28. The molecule has 0 aromatic heterocycles. The largest absolute Gasteiger partial charge is 0.497 e. The van der Waals surface area contributed by atoms with E-state index in [1.54, 1.807) is 7.11 Å². The summed E-state index contributed by atoms with van der Waals surface area (Å²) in [4.78, 5) is 1.24. The van der Waals surface area contributed by atoms with Crippen molar-refractivity contribution in [2.45, 2.75) is 42.8 Å². The van der Waals surface area contributed by atoms with E-state index in [-0.39, 0.29) is 12.5 Å². The van der Waals surface area contributed by atoms with E-state index in [0.29, 0.717) is 5.25 Å². The highest BCUT2D eigenvalue weighted by molar-refractivity contribution is 8.00. The first kappa shape index (κ1) is 15.5. The van der Waals surface area contributed by atoms with Gasteiger partial charge in [0.2, 0.25) is 0 Å². The normalized spacial score (nSPS) is 18.2. The molecular formula is C17H24O2S. The summed E-state index contributed by atoms with van der Waals surface area (Å²) in [6, 6.07) is 8.20. The van der Waals surface area contributed by atoms with Gasteiger partial charge in [-0.2, -0.15) is 0 Å². The topological polar surface area (TPSA) is 29.5 Å². The van der Waals surface area contributed by atoms with Crippen LogP contribution in [0.15, 0.2) is 40.8 Å². The number of aliphatic hydroxyl groups is 1. The lowest BCUT2D eigenvalue weighted by Crippen LogP contribution is -2.21. The van der Waals surface area contributed by atoms with Crippen molar-refractivity contribution >= 4 is 11.8 Å². The molecule has 0 bridgehead atoms. The van der Waals surface area contributed by atoms with E-state index in [4.69, 9.17) is 4.74 Å². The molecule has 110 valence electrons. The van der Waals surface area contributed by atoms with Crippen molar-refractivity contribution in [3.05, 3.63) is 35.9 Å². The molecule has 1 aliphatic rings. The molecule has 2 rings (SSSR count). The first-order chi connectivity index (χ1) is 9.74. The minimum absolute atomic E-state index is 0.241. The van der Waals surface area contributed by atoms with Crippen LogP contribution < -0.4 is 4.74 Å². The summed E-state index contributed by atoms with van der Waals surface area (Å²) in [5.41, 5.74) is 1.51. The van der Waals surface area contributed by atoms with Crippen LogP contribution in [-0.2, 0) is 0 Å². The molecule has 1 N–H and O–H groups in total. The highest BCUT2D eigenvalue weighted by Gasteiger charge is 2.23. The van der Waals surface area contributed by atoms with Gasteiger partial charge < -0.3 is 9.84 Å². The van der Waals surface area contributed by atoms with E-state index in [2.05, 4.69) is 25.1 Å². The summed E-state index contributed by atoms with van der Waals surface area (Å²) < 4.78 is 5.20. The molecule has 0 radical (unpaired) electrons. The van der Waals surface area contributed by atoms with E-state index in [9.17, 15) is 5.11 Å². The van der Waals surface area contributed by atoms with E-state index in [1.165, 1.54) is 36.2 Å². The summed E-state index contributed by atoms with van der Waals surface area (Å²) >= 11 is 1.86. The quantitative estimate of drug-likeness (QED) is 0.626. The van der Waals surface area contributed by atoms with Crippen LogP contribution in [0.2, 0.25) is 0 Å². The van der Waals surface area contributed by atoms with Crippen molar-refractivity contribution in [2.24, 2.45) is 5.92 Å². The Balaban J connectivity index is 2.12. The van der Waals surface area contributed by atoms with Gasteiger partial charge in [0.1, 0.15) is 5.75 Å². The van der Waals surface area contributed by atoms with Gasteiger partial charge in [-0.1, -0.05) is 18.6 Å². The maximum Gasteiger partial charge on any atom is 0.118 e. The van der Waals surface area contributed by atoms with Crippen molar-refractivity contribution < 1.29 is 9.84 Å². The predicted molar refractivity (Wildman–Crippen MR) is 85.4 cm³/mol. The fourth-order valence-electron chi connectivity index (χ4n) is 2.58. The van der Waals surface area contributed by atoms with Gasteiger partial charge in [-0.25, -0.2) is 0 Å². The highest BCUT2D eigenvalue weighted by Crippen LogP contribution is 2.37. The third-order valence-electron chi connectivity index (χ3n) is 3.82. The molecule has 0 amide bonds. The van der Waals surface area contributed by atoms with Crippen LogP contribution in [-0.4, -0.2) is 24.1 Å². The Morgan fingerprint density at radius 1 is 1.25 bits per heavy atom. The molecule has 0 aliphatic heterocycles. The maximum atomic E-state index is 9.54. The average Bonchev–Trinajstić information content (AvgIpc) is 2.53. The van der Waals surface area contributed by atoms with Gasteiger partial charge >= 0.3 is 0 Å². The highest BCUT2D eigenvalue weighted by atomic mass is 32.2. The standard InChI is InChI=1S/C17H24O2S/c1-13(12-18)17(14-6-4-3-5-7-14)20-16-10-8-15(19-2)9-11-16/h6,8-11,13,17-18H,3-5,7,12H2,1-2H3/t13-,17-/m1/s1. The Hall–Kier alpha value is -0.930. The summed E-state index contributed by atoms with van der Waals surface area (Å²) in [7, 11) is 1.69. The fraction of sp³-hybridized carbons (Fsp3) is 0.529. The second kappa shape index (κ2) is 7.75. The molecule has 3 heteroatoms. The number of allylic oxidation sites excluding steroid dienone is 1. The van der Waals surface area contributed by atoms with Crippen LogP contribution in [0.3, 0.4) is 0 Å². The van der Waals surface area contributed by atoms with Gasteiger partial charge in [0, 0.05) is 16.8 Å². The number of benzene rings is 1. The molecule has 0 unspecified atom stereocenters. The molecule has 0 fully saturated rings. The number of hydrogen-bond acceptors (Lipinski definition) is 3. The van der Waals surface area contributed by atoms with E-state index in [0.717, 1.165) is 5.75 Å². The third kappa shape index (κ3) is 4.03. The summed E-state index contributed by atoms with van der Waals surface area (Å²) in [6.07, 6.45) is 7.34. The van der Waals surface area contributed by atoms with Crippen molar-refractivity contribution in [3.8, 4) is 5.75 Å². The van der Waals surface area contributed by atoms with Gasteiger partial charge in [0.25, 0.3) is 0 Å². The SMILES string of the molecule is COc1ccc(S[C@@H](C2=CCCCC2)[C@H](C)CO)cc1. The van der Waals surface area contributed by atoms with Crippen LogP contribution in [0.5, 0.6) is 5.75 Å². The van der Waals surface area contributed by atoms with Crippen molar-refractivity contribution in [1.29, 1.82) is 0 Å². The van der Waals surface area contributed by atoms with Crippen molar-refractivity contribution in [2.75, 3.05) is 13.7 Å². The first-order valence-electron chi connectivity index (χ1n) is 7.35. The smallest absolute Gasteiger partial charge is 0.118 e. The van der Waals surface area contributed by atoms with Gasteiger partial charge in [0.05, 0.1) is 7.11 Å². The Morgan fingerprint density at radius 3 is 2.55 bits per heavy atom. The second-order valence-corrected chi connectivity index (χ2v) is 6.61. The van der Waals surface area contributed by atoms with Crippen LogP contribution in [0.25, 0.3) is 0 Å². The lowest BCUT2D eigenvalue weighted by atomic mass is 9.92. The fourth-order valence-corrected chi connectivity index (χ4v) is 3.85. The molecule has 1 aliphatic carbocycles. The molecule has 20 heavy (non-hydrogen) atoms. The van der Waals surface area contributed by atoms with Crippen LogP contribution in [0, 0.1) is 5.92 Å². The molecule has 0 saturated heterocycles. The van der Waals surface area contributed by atoms with Gasteiger partial charge in [-0.05, 0) is 55.9 Å². The van der Waals surface area contributed by atoms with Crippen LogP contribution in [0.4, 0.5) is 0 Å². The van der Waals surface area contributed by atoms with Gasteiger partial charge in [-0.3, -0.25) is 0 Å². The monoisotopic (exact) mass is 292 g/mol. The van der Waals surface area contributed by atoms with E-state index in [1.807, 2.05) is 23.9 Å². The second-order valence-electron chi connectivity index (χ2n) is 5.40. The molecule has 1 aromatic carbocycles. The number of aliphatic hydroxyl groups excluding tert-OH is 1. The van der Waals surface area contributed by atoms with E-state index < -0.39 is 0 Å². The number of ether oxygens (including phenoxy) is 1. The molecule has 2 nitrogen and oxygen atoms in total. The summed E-state index contributed by atoms with van der Waals surface area (Å²) in [5.74, 6) is 1.17. The number of hydrogen-bond donors (Lipinski definition) is 1. The molecule has 1 aromatic rings. The Morgan fingerprint density at radius 2 is 2.00 bits per heavy atom. The number of methoxy groups -OCH3 is 1. The Labute approximate surface area is 126 Å². The zero-order valence-corrected chi connectivity index (χ0v) is 13.2. The molecule has 0 heterocycles. The van der Waals surface area contributed by atoms with Gasteiger partial charge in [-0.15, -0.1) is 11.8 Å². The lowest BCUT2D eigenvalue weighted by Gasteiger charge is -2.27. The first-order valence-corrected chi connectivity index (χ1v) is 8.23. The average molecular weight is 292 g/mol. The third-order valence-corrected chi connectivity index (χ3v) is 5.38. The van der Waals surface area contributed by atoms with Crippen LogP contribution in [0.1, 0.15) is 32.6 Å². The zero-order chi connectivity index (χ0) is 14.4. The van der Waals surface area contributed by atoms with Crippen LogP contribution >= 0.6 is 11.8 Å². The zero-order valence-electron chi connectivity index (χ0n) is 12.3. The number of thioether (sulfide) groups is 1. The molecule has 2 atom stereocenters. The molecule has 0 saturated carbocycles. The van der Waals surface area contributed by atoms with Crippen molar-refractivity contribution in [1.82, 2.24) is 0 Å². The van der Waals surface area contributed by atoms with Crippen molar-refractivity contribution in [3.63, 3.8) is 0 Å². The summed E-state index contributed by atoms with van der Waals surface area (Å²) in [5, 5.41) is 9.92. The minimum Gasteiger partial charge on any atom is -0.497 e. The number of rotatable bonds is 6. The van der Waals surface area contributed by atoms with Gasteiger partial charge in [0.15, 0.2) is 0 Å².